The molecule has 0 spiro atoms. The van der Waals surface area contributed by atoms with Gasteiger partial charge >= 0.3 is 5.97 Å². The van der Waals surface area contributed by atoms with Crippen LogP contribution in [0.15, 0.2) is 54.6 Å². The van der Waals surface area contributed by atoms with Gasteiger partial charge in [0.2, 0.25) is 0 Å². The molecule has 122 valence electrons. The molecule has 0 aliphatic carbocycles. The average molecular weight is 316 g/mol. The van der Waals surface area contributed by atoms with Crippen LogP contribution in [-0.4, -0.2) is 31.4 Å². The fourth-order valence-corrected chi connectivity index (χ4v) is 2.22. The van der Waals surface area contributed by atoms with Crippen molar-refractivity contribution >= 4 is 5.97 Å². The molecule has 1 N–H and O–H groups in total. The topological polar surface area (TPSA) is 65.0 Å². The van der Waals surface area contributed by atoms with Gasteiger partial charge in [0.25, 0.3) is 0 Å². The van der Waals surface area contributed by atoms with Gasteiger partial charge in [0.15, 0.2) is 6.10 Å². The monoisotopic (exact) mass is 316 g/mol. The quantitative estimate of drug-likeness (QED) is 0.795. The highest BCUT2D eigenvalue weighted by molar-refractivity contribution is 5.75. The van der Waals surface area contributed by atoms with Gasteiger partial charge in [0.05, 0.1) is 7.11 Å². The van der Waals surface area contributed by atoms with Crippen LogP contribution in [0.2, 0.25) is 0 Å². The molecular weight excluding hydrogens is 296 g/mol. The van der Waals surface area contributed by atoms with E-state index >= 15 is 0 Å². The number of benzene rings is 2. The Morgan fingerprint density at radius 1 is 1.04 bits per heavy atom. The van der Waals surface area contributed by atoms with Gasteiger partial charge in [-0.05, 0) is 11.6 Å². The van der Waals surface area contributed by atoms with Crippen molar-refractivity contribution in [1.29, 1.82) is 0 Å². The number of ether oxygens (including phenoxy) is 3. The molecule has 5 heteroatoms. The molecule has 0 bridgehead atoms. The number of aliphatic hydroxyl groups is 1. The van der Waals surface area contributed by atoms with Gasteiger partial charge in [0, 0.05) is 12.7 Å². The third-order valence-electron chi connectivity index (χ3n) is 3.45. The van der Waals surface area contributed by atoms with Crippen LogP contribution in [0.25, 0.3) is 0 Å². The normalized spacial score (nSPS) is 13.2. The minimum Gasteiger partial charge on any atom is -0.489 e. The highest BCUT2D eigenvalue weighted by atomic mass is 16.6. The Morgan fingerprint density at radius 2 is 1.70 bits per heavy atom. The number of hydrogen-bond acceptors (Lipinski definition) is 5. The van der Waals surface area contributed by atoms with E-state index in [2.05, 4.69) is 4.74 Å². The van der Waals surface area contributed by atoms with Gasteiger partial charge in [-0.2, -0.15) is 0 Å². The first-order chi connectivity index (χ1) is 11.2. The molecule has 2 atom stereocenters. The Hall–Kier alpha value is -2.37. The Bertz CT molecular complexity index is 626. The molecule has 0 aliphatic rings. The molecule has 23 heavy (non-hydrogen) atoms. The average Bonchev–Trinajstić information content (AvgIpc) is 2.61. The highest BCUT2D eigenvalue weighted by Gasteiger charge is 2.30. The second-order valence-electron chi connectivity index (χ2n) is 4.94. The Balaban J connectivity index is 2.17. The lowest BCUT2D eigenvalue weighted by Gasteiger charge is -2.21. The van der Waals surface area contributed by atoms with Crippen molar-refractivity contribution in [3.8, 4) is 5.75 Å². The molecule has 0 aliphatic heterocycles. The summed E-state index contributed by atoms with van der Waals surface area (Å²) in [7, 11) is 2.59. The largest absolute Gasteiger partial charge is 0.489 e. The summed E-state index contributed by atoms with van der Waals surface area (Å²) in [5, 5.41) is 10.5. The Labute approximate surface area is 135 Å². The third kappa shape index (κ3) is 4.31. The van der Waals surface area contributed by atoms with E-state index in [-0.39, 0.29) is 0 Å². The highest BCUT2D eigenvalue weighted by Crippen LogP contribution is 2.29. The van der Waals surface area contributed by atoms with E-state index < -0.39 is 18.2 Å². The van der Waals surface area contributed by atoms with Gasteiger partial charge in [0.1, 0.15) is 18.5 Å². The lowest BCUT2D eigenvalue weighted by Crippen LogP contribution is -2.31. The van der Waals surface area contributed by atoms with E-state index in [4.69, 9.17) is 9.47 Å². The molecule has 0 heterocycles. The van der Waals surface area contributed by atoms with E-state index in [9.17, 15) is 9.90 Å². The maximum atomic E-state index is 11.7. The second kappa shape index (κ2) is 8.31. The molecule has 5 nitrogen and oxygen atoms in total. The van der Waals surface area contributed by atoms with Gasteiger partial charge < -0.3 is 19.3 Å². The van der Waals surface area contributed by atoms with Crippen molar-refractivity contribution < 1.29 is 24.1 Å². The summed E-state index contributed by atoms with van der Waals surface area (Å²) >= 11 is 0. The maximum absolute atomic E-state index is 11.7. The molecule has 2 rings (SSSR count). The number of esters is 1. The van der Waals surface area contributed by atoms with Crippen LogP contribution in [0, 0.1) is 0 Å². The molecule has 0 amide bonds. The standard InChI is InChI=1S/C18H20O5/c1-21-17(18(20)22-2)16(19)14-10-6-7-11-15(14)23-12-13-8-4-3-5-9-13/h3-11,16-17,19H,12H2,1-2H3. The summed E-state index contributed by atoms with van der Waals surface area (Å²) < 4.78 is 15.5. The van der Waals surface area contributed by atoms with Crippen LogP contribution in [0.1, 0.15) is 17.2 Å². The molecule has 0 radical (unpaired) electrons. The minimum atomic E-state index is -1.18. The number of carbonyl (C=O) groups is 1. The fraction of sp³-hybridized carbons (Fsp3) is 0.278. The van der Waals surface area contributed by atoms with Crippen molar-refractivity contribution in [2.75, 3.05) is 14.2 Å². The van der Waals surface area contributed by atoms with Crippen molar-refractivity contribution in [1.82, 2.24) is 0 Å². The maximum Gasteiger partial charge on any atom is 0.338 e. The van der Waals surface area contributed by atoms with E-state index in [1.165, 1.54) is 14.2 Å². The molecule has 2 aromatic carbocycles. The molecule has 2 unspecified atom stereocenters. The smallest absolute Gasteiger partial charge is 0.338 e. The summed E-state index contributed by atoms with van der Waals surface area (Å²) in [6.07, 6.45) is -2.29. The number of aliphatic hydroxyl groups excluding tert-OH is 1. The molecule has 0 aromatic heterocycles. The van der Waals surface area contributed by atoms with Gasteiger partial charge in [-0.25, -0.2) is 4.79 Å². The third-order valence-corrected chi connectivity index (χ3v) is 3.45. The first-order valence-corrected chi connectivity index (χ1v) is 7.21. The summed E-state index contributed by atoms with van der Waals surface area (Å²) in [6.45, 7) is 0.362. The van der Waals surface area contributed by atoms with E-state index in [1.54, 1.807) is 24.3 Å². The van der Waals surface area contributed by atoms with Gasteiger partial charge in [-0.1, -0.05) is 48.5 Å². The second-order valence-corrected chi connectivity index (χ2v) is 4.94. The first kappa shape index (κ1) is 17.0. The van der Waals surface area contributed by atoms with Crippen LogP contribution >= 0.6 is 0 Å². The van der Waals surface area contributed by atoms with Crippen molar-refractivity contribution in [2.45, 2.75) is 18.8 Å². The summed E-state index contributed by atoms with van der Waals surface area (Å²) in [5.41, 5.74) is 1.48. The van der Waals surface area contributed by atoms with Crippen LogP contribution in [0.4, 0.5) is 0 Å². The summed E-state index contributed by atoms with van der Waals surface area (Å²) in [4.78, 5) is 11.7. The fourth-order valence-electron chi connectivity index (χ4n) is 2.22. The van der Waals surface area contributed by atoms with E-state index in [0.29, 0.717) is 17.9 Å². The van der Waals surface area contributed by atoms with Crippen molar-refractivity contribution in [3.05, 3.63) is 65.7 Å². The lowest BCUT2D eigenvalue weighted by molar-refractivity contribution is -0.159. The summed E-state index contributed by atoms with van der Waals surface area (Å²) in [6, 6.07) is 16.7. The van der Waals surface area contributed by atoms with Crippen LogP contribution < -0.4 is 4.74 Å². The van der Waals surface area contributed by atoms with Crippen molar-refractivity contribution in [2.24, 2.45) is 0 Å². The predicted octanol–water partition coefficient (Wildman–Crippen LogP) is 2.49. The van der Waals surface area contributed by atoms with Crippen LogP contribution in [0.5, 0.6) is 5.75 Å². The van der Waals surface area contributed by atoms with Gasteiger partial charge in [-0.3, -0.25) is 0 Å². The minimum absolute atomic E-state index is 0.362. The number of para-hydroxylation sites is 1. The zero-order valence-corrected chi connectivity index (χ0v) is 13.1. The molecule has 2 aromatic rings. The number of methoxy groups -OCH3 is 2. The molecule has 0 saturated carbocycles. The van der Waals surface area contributed by atoms with Crippen LogP contribution in [-0.2, 0) is 20.9 Å². The Morgan fingerprint density at radius 3 is 2.35 bits per heavy atom. The predicted molar refractivity (Wildman–Crippen MR) is 85.0 cm³/mol. The molecule has 0 saturated heterocycles. The van der Waals surface area contributed by atoms with Crippen molar-refractivity contribution in [3.63, 3.8) is 0 Å². The number of hydrogen-bond donors (Lipinski definition) is 1. The SMILES string of the molecule is COC(=O)C(OC)C(O)c1ccccc1OCc1ccccc1. The molecule has 0 fully saturated rings. The zero-order chi connectivity index (χ0) is 16.7. The number of rotatable bonds is 7. The first-order valence-electron chi connectivity index (χ1n) is 7.21. The van der Waals surface area contributed by atoms with E-state index in [0.717, 1.165) is 5.56 Å². The van der Waals surface area contributed by atoms with Crippen LogP contribution in [0.3, 0.4) is 0 Å². The Kier molecular flexibility index (Phi) is 6.14. The lowest BCUT2D eigenvalue weighted by atomic mass is 10.0. The zero-order valence-electron chi connectivity index (χ0n) is 13.1. The number of carbonyl (C=O) groups excluding carboxylic acids is 1. The van der Waals surface area contributed by atoms with Gasteiger partial charge in [-0.15, -0.1) is 0 Å². The van der Waals surface area contributed by atoms with E-state index in [1.807, 2.05) is 30.3 Å². The summed E-state index contributed by atoms with van der Waals surface area (Å²) in [5.74, 6) is -0.146. The molecular formula is C18H20O5.